The molecular weight excluding hydrogens is 316 g/mol. The molecule has 0 unspecified atom stereocenters. The highest BCUT2D eigenvalue weighted by Crippen LogP contribution is 2.19. The summed E-state index contributed by atoms with van der Waals surface area (Å²) in [5, 5.41) is 0. The predicted molar refractivity (Wildman–Crippen MR) is 99.7 cm³/mol. The molecule has 2 heterocycles. The Morgan fingerprint density at radius 1 is 1.04 bits per heavy atom. The molecule has 2 aromatic heterocycles. The fraction of sp³-hybridized carbons (Fsp3) is 0.421. The van der Waals surface area contributed by atoms with E-state index >= 15 is 0 Å². The normalized spacial score (nSPS) is 11.8. The first-order valence-corrected chi connectivity index (χ1v) is 8.69. The average Bonchev–Trinajstić information content (AvgIpc) is 3.01. The fourth-order valence-electron chi connectivity index (χ4n) is 3.06. The van der Waals surface area contributed by atoms with Gasteiger partial charge in [0.05, 0.1) is 12.0 Å². The quantitative estimate of drug-likeness (QED) is 0.733. The minimum Gasteiger partial charge on any atom is -0.322 e. The highest BCUT2D eigenvalue weighted by Gasteiger charge is 2.19. The van der Waals surface area contributed by atoms with Crippen LogP contribution in [0.25, 0.3) is 16.9 Å². The van der Waals surface area contributed by atoms with E-state index in [0.29, 0.717) is 23.6 Å². The van der Waals surface area contributed by atoms with Crippen LogP contribution in [0.3, 0.4) is 0 Å². The molecule has 0 saturated heterocycles. The van der Waals surface area contributed by atoms with Gasteiger partial charge >= 0.3 is 5.69 Å². The molecule has 3 rings (SSSR count). The molecule has 6 heteroatoms. The van der Waals surface area contributed by atoms with Gasteiger partial charge in [0, 0.05) is 12.6 Å². The van der Waals surface area contributed by atoms with E-state index in [1.54, 1.807) is 13.3 Å². The number of imidazole rings is 1. The minimum absolute atomic E-state index is 0.0808. The molecule has 0 aliphatic rings. The van der Waals surface area contributed by atoms with Crippen molar-refractivity contribution < 1.29 is 0 Å². The minimum atomic E-state index is -0.355. The molecule has 0 fully saturated rings. The Balaban J connectivity index is 2.38. The summed E-state index contributed by atoms with van der Waals surface area (Å²) in [6.07, 6.45) is 1.63. The Morgan fingerprint density at radius 2 is 1.68 bits per heavy atom. The largest absolute Gasteiger partial charge is 0.337 e. The summed E-state index contributed by atoms with van der Waals surface area (Å²) >= 11 is 0. The van der Waals surface area contributed by atoms with Gasteiger partial charge in [-0.2, -0.15) is 0 Å². The summed E-state index contributed by atoms with van der Waals surface area (Å²) in [4.78, 5) is 30.1. The monoisotopic (exact) mass is 340 g/mol. The number of hydrogen-bond donors (Lipinski definition) is 0. The van der Waals surface area contributed by atoms with Gasteiger partial charge in [0.15, 0.2) is 11.2 Å². The standard InChI is InChI=1S/C19H24N4O2/c1-6-21-18(24)16-17(20-11-22(16)13(4)5)23(19(21)25)15-9-7-14(8-10-15)12(2)3/h7-13H,6H2,1-5H3. The zero-order valence-electron chi connectivity index (χ0n) is 15.4. The first kappa shape index (κ1) is 17.2. The number of hydrogen-bond acceptors (Lipinski definition) is 3. The Labute approximate surface area is 146 Å². The first-order valence-electron chi connectivity index (χ1n) is 8.69. The molecule has 0 atom stereocenters. The van der Waals surface area contributed by atoms with Crippen LogP contribution in [-0.2, 0) is 6.54 Å². The average molecular weight is 340 g/mol. The van der Waals surface area contributed by atoms with Crippen LogP contribution in [0.2, 0.25) is 0 Å². The van der Waals surface area contributed by atoms with Crippen molar-refractivity contribution in [1.82, 2.24) is 18.7 Å². The molecule has 25 heavy (non-hydrogen) atoms. The SMILES string of the molecule is CCn1c(=O)c2c(ncn2C(C)C)n(-c2ccc(C(C)C)cc2)c1=O. The molecule has 0 N–H and O–H groups in total. The van der Waals surface area contributed by atoms with Gasteiger partial charge < -0.3 is 4.57 Å². The van der Waals surface area contributed by atoms with Crippen molar-refractivity contribution in [2.45, 2.75) is 53.1 Å². The zero-order valence-corrected chi connectivity index (χ0v) is 15.4. The van der Waals surface area contributed by atoms with Crippen molar-refractivity contribution >= 4 is 11.2 Å². The number of aromatic nitrogens is 4. The van der Waals surface area contributed by atoms with E-state index in [9.17, 15) is 9.59 Å². The Morgan fingerprint density at radius 3 is 2.20 bits per heavy atom. The van der Waals surface area contributed by atoms with Gasteiger partial charge in [0.2, 0.25) is 0 Å². The molecule has 1 aromatic carbocycles. The molecule has 0 bridgehead atoms. The number of benzene rings is 1. The van der Waals surface area contributed by atoms with Crippen molar-refractivity contribution in [3.63, 3.8) is 0 Å². The van der Waals surface area contributed by atoms with Crippen LogP contribution in [-0.4, -0.2) is 18.7 Å². The lowest BCUT2D eigenvalue weighted by molar-refractivity contribution is 0.604. The Bertz CT molecular complexity index is 1020. The topological polar surface area (TPSA) is 61.8 Å². The fourth-order valence-corrected chi connectivity index (χ4v) is 3.06. The van der Waals surface area contributed by atoms with E-state index in [4.69, 9.17) is 0 Å². The second-order valence-electron chi connectivity index (χ2n) is 6.83. The van der Waals surface area contributed by atoms with E-state index in [1.807, 2.05) is 42.7 Å². The van der Waals surface area contributed by atoms with Crippen LogP contribution in [0.4, 0.5) is 0 Å². The van der Waals surface area contributed by atoms with Gasteiger partial charge in [-0.15, -0.1) is 0 Å². The lowest BCUT2D eigenvalue weighted by atomic mass is 10.0. The lowest BCUT2D eigenvalue weighted by Crippen LogP contribution is -2.39. The summed E-state index contributed by atoms with van der Waals surface area (Å²) in [5.74, 6) is 0.413. The highest BCUT2D eigenvalue weighted by molar-refractivity contribution is 5.72. The molecule has 6 nitrogen and oxygen atoms in total. The predicted octanol–water partition coefficient (Wildman–Crippen LogP) is 3.07. The van der Waals surface area contributed by atoms with Crippen molar-refractivity contribution in [1.29, 1.82) is 0 Å². The molecule has 132 valence electrons. The molecule has 0 aliphatic heterocycles. The maximum Gasteiger partial charge on any atom is 0.337 e. The maximum atomic E-state index is 12.9. The number of fused-ring (bicyclic) bond motifs is 1. The smallest absolute Gasteiger partial charge is 0.322 e. The van der Waals surface area contributed by atoms with E-state index in [1.165, 1.54) is 14.7 Å². The van der Waals surface area contributed by atoms with Gasteiger partial charge in [0.1, 0.15) is 0 Å². The third-order valence-electron chi connectivity index (χ3n) is 4.55. The molecule has 0 saturated carbocycles. The number of nitrogens with zero attached hydrogens (tertiary/aromatic N) is 4. The van der Waals surface area contributed by atoms with Crippen LogP contribution in [0.5, 0.6) is 0 Å². The van der Waals surface area contributed by atoms with Gasteiger partial charge in [-0.3, -0.25) is 9.36 Å². The Kier molecular flexibility index (Phi) is 4.37. The first-order chi connectivity index (χ1) is 11.9. The van der Waals surface area contributed by atoms with Crippen LogP contribution in [0.15, 0.2) is 40.2 Å². The summed E-state index contributed by atoms with van der Waals surface area (Å²) in [5.41, 5.74) is 2.14. The van der Waals surface area contributed by atoms with E-state index in [-0.39, 0.29) is 17.3 Å². The van der Waals surface area contributed by atoms with Crippen molar-refractivity contribution in [2.75, 3.05) is 0 Å². The highest BCUT2D eigenvalue weighted by atomic mass is 16.2. The van der Waals surface area contributed by atoms with Crippen LogP contribution >= 0.6 is 0 Å². The zero-order chi connectivity index (χ0) is 18.3. The molecule has 0 spiro atoms. The summed E-state index contributed by atoms with van der Waals surface area (Å²) in [7, 11) is 0. The van der Waals surface area contributed by atoms with Crippen LogP contribution in [0.1, 0.15) is 52.1 Å². The van der Waals surface area contributed by atoms with Gasteiger partial charge in [-0.1, -0.05) is 26.0 Å². The maximum absolute atomic E-state index is 12.9. The second-order valence-corrected chi connectivity index (χ2v) is 6.83. The van der Waals surface area contributed by atoms with Crippen LogP contribution < -0.4 is 11.2 Å². The van der Waals surface area contributed by atoms with E-state index in [2.05, 4.69) is 18.8 Å². The summed E-state index contributed by atoms with van der Waals surface area (Å²) in [6, 6.07) is 7.93. The number of rotatable bonds is 4. The second kappa shape index (κ2) is 6.35. The van der Waals surface area contributed by atoms with Gasteiger partial charge in [0.25, 0.3) is 5.56 Å². The summed E-state index contributed by atoms with van der Waals surface area (Å²) < 4.78 is 4.62. The third kappa shape index (κ3) is 2.71. The lowest BCUT2D eigenvalue weighted by Gasteiger charge is -2.13. The van der Waals surface area contributed by atoms with E-state index < -0.39 is 0 Å². The molecule has 0 aliphatic carbocycles. The van der Waals surface area contributed by atoms with E-state index in [0.717, 1.165) is 5.69 Å². The van der Waals surface area contributed by atoms with Gasteiger partial charge in [-0.05, 0) is 44.4 Å². The van der Waals surface area contributed by atoms with Crippen molar-refractivity contribution in [3.8, 4) is 5.69 Å². The van der Waals surface area contributed by atoms with Gasteiger partial charge in [-0.25, -0.2) is 14.3 Å². The Hall–Kier alpha value is -2.63. The third-order valence-corrected chi connectivity index (χ3v) is 4.55. The molecule has 0 amide bonds. The molecule has 3 aromatic rings. The van der Waals surface area contributed by atoms with Crippen molar-refractivity contribution in [2.24, 2.45) is 0 Å². The van der Waals surface area contributed by atoms with Crippen LogP contribution in [0, 0.1) is 0 Å². The summed E-state index contributed by atoms with van der Waals surface area (Å²) in [6.45, 7) is 10.4. The van der Waals surface area contributed by atoms with Crippen molar-refractivity contribution in [3.05, 3.63) is 57.0 Å². The molecule has 0 radical (unpaired) electrons. The molecular formula is C19H24N4O2.